The third-order valence-electron chi connectivity index (χ3n) is 3.99. The minimum atomic E-state index is -3.04. The normalized spacial score (nSPS) is 37.6. The second kappa shape index (κ2) is 4.66. The Morgan fingerprint density at radius 2 is 2.11 bits per heavy atom. The lowest BCUT2D eigenvalue weighted by molar-refractivity contribution is -0.133. The zero-order valence-corrected chi connectivity index (χ0v) is 11.6. The molecular formula is C11H19N3O4S. The summed E-state index contributed by atoms with van der Waals surface area (Å²) in [5.74, 6) is -0.0174. The van der Waals surface area contributed by atoms with Crippen molar-refractivity contribution >= 4 is 21.6 Å². The number of sulfone groups is 1. The molecule has 0 radical (unpaired) electrons. The van der Waals surface area contributed by atoms with Gasteiger partial charge in [-0.3, -0.25) is 4.79 Å². The van der Waals surface area contributed by atoms with Gasteiger partial charge in [-0.1, -0.05) is 12.1 Å². The van der Waals surface area contributed by atoms with Crippen LogP contribution in [0.15, 0.2) is 5.16 Å². The van der Waals surface area contributed by atoms with E-state index in [-0.39, 0.29) is 29.3 Å². The fraction of sp³-hybridized carbons (Fsp3) is 0.818. The van der Waals surface area contributed by atoms with Gasteiger partial charge in [0.1, 0.15) is 5.41 Å². The quantitative estimate of drug-likeness (QED) is 0.278. The Bertz CT molecular complexity index is 508. The Hall–Kier alpha value is -1.31. The summed E-state index contributed by atoms with van der Waals surface area (Å²) in [6, 6.07) is -0.364. The van der Waals surface area contributed by atoms with Crippen LogP contribution in [0.4, 0.5) is 0 Å². The summed E-state index contributed by atoms with van der Waals surface area (Å²) in [4.78, 5) is 12.3. The molecule has 7 nitrogen and oxygen atoms in total. The van der Waals surface area contributed by atoms with Crippen LogP contribution in [0.3, 0.4) is 0 Å². The highest BCUT2D eigenvalue weighted by Gasteiger charge is 2.52. The first-order valence-corrected chi connectivity index (χ1v) is 8.10. The van der Waals surface area contributed by atoms with Gasteiger partial charge in [-0.2, -0.15) is 0 Å². The molecule has 1 saturated heterocycles. The molecule has 4 N–H and O–H groups in total. The smallest absolute Gasteiger partial charge is 0.234 e. The number of hydrogen-bond acceptors (Lipinski definition) is 5. The Morgan fingerprint density at radius 3 is 2.53 bits per heavy atom. The van der Waals surface area contributed by atoms with E-state index in [1.165, 1.54) is 0 Å². The van der Waals surface area contributed by atoms with Crippen LogP contribution in [0.25, 0.3) is 0 Å². The SMILES string of the molecule is CC1CC(C(=O)NC2CCS(=O)(=O)C2)(C(N)=NO)C1. The number of oxime groups is 1. The van der Waals surface area contributed by atoms with Crippen LogP contribution in [-0.2, 0) is 14.6 Å². The van der Waals surface area contributed by atoms with Gasteiger partial charge < -0.3 is 16.3 Å². The number of carbonyl (C=O) groups is 1. The fourth-order valence-electron chi connectivity index (χ4n) is 2.97. The summed E-state index contributed by atoms with van der Waals surface area (Å²) in [5.41, 5.74) is 4.65. The molecule has 0 aromatic rings. The van der Waals surface area contributed by atoms with E-state index in [0.717, 1.165) is 0 Å². The molecule has 0 aromatic carbocycles. The highest BCUT2D eigenvalue weighted by atomic mass is 32.2. The van der Waals surface area contributed by atoms with Gasteiger partial charge in [-0.05, 0) is 25.2 Å². The van der Waals surface area contributed by atoms with Crippen LogP contribution in [0.2, 0.25) is 0 Å². The third-order valence-corrected chi connectivity index (χ3v) is 5.76. The maximum Gasteiger partial charge on any atom is 0.234 e. The van der Waals surface area contributed by atoms with Gasteiger partial charge in [-0.25, -0.2) is 8.42 Å². The van der Waals surface area contributed by atoms with E-state index < -0.39 is 15.3 Å². The van der Waals surface area contributed by atoms with Gasteiger partial charge in [0.15, 0.2) is 15.7 Å². The van der Waals surface area contributed by atoms with Crippen molar-refractivity contribution < 1.29 is 18.4 Å². The average molecular weight is 289 g/mol. The molecule has 0 spiro atoms. The Balaban J connectivity index is 2.06. The predicted molar refractivity (Wildman–Crippen MR) is 69.4 cm³/mol. The second-order valence-electron chi connectivity index (χ2n) is 5.65. The molecule has 1 unspecified atom stereocenters. The molecule has 1 aliphatic heterocycles. The Morgan fingerprint density at radius 1 is 1.47 bits per heavy atom. The zero-order chi connectivity index (χ0) is 14.3. The number of carbonyl (C=O) groups excluding carboxylic acids is 1. The van der Waals surface area contributed by atoms with Gasteiger partial charge in [0.25, 0.3) is 0 Å². The first-order chi connectivity index (χ1) is 8.79. The van der Waals surface area contributed by atoms with E-state index in [0.29, 0.717) is 25.2 Å². The summed E-state index contributed by atoms with van der Waals surface area (Å²) in [6.07, 6.45) is 1.47. The van der Waals surface area contributed by atoms with Crippen molar-refractivity contribution in [1.29, 1.82) is 0 Å². The number of nitrogens with two attached hydrogens (primary N) is 1. The van der Waals surface area contributed by atoms with E-state index in [1.807, 2.05) is 6.92 Å². The Kier molecular flexibility index (Phi) is 3.46. The first kappa shape index (κ1) is 14.1. The molecule has 2 aliphatic rings. The molecular weight excluding hydrogens is 270 g/mol. The fourth-order valence-corrected chi connectivity index (χ4v) is 4.64. The second-order valence-corrected chi connectivity index (χ2v) is 7.88. The molecule has 2 fully saturated rings. The van der Waals surface area contributed by atoms with Crippen molar-refractivity contribution in [3.05, 3.63) is 0 Å². The third kappa shape index (κ3) is 2.54. The highest BCUT2D eigenvalue weighted by Crippen LogP contribution is 2.46. The van der Waals surface area contributed by atoms with Gasteiger partial charge in [0.05, 0.1) is 11.5 Å². The highest BCUT2D eigenvalue weighted by molar-refractivity contribution is 7.91. The minimum absolute atomic E-state index is 0.0272. The molecule has 1 heterocycles. The molecule has 2 rings (SSSR count). The summed E-state index contributed by atoms with van der Waals surface area (Å²) in [5, 5.41) is 14.5. The van der Waals surface area contributed by atoms with Crippen molar-refractivity contribution in [1.82, 2.24) is 5.32 Å². The van der Waals surface area contributed by atoms with Crippen LogP contribution in [0.1, 0.15) is 26.2 Å². The Labute approximate surface area is 112 Å². The van der Waals surface area contributed by atoms with E-state index >= 15 is 0 Å². The van der Waals surface area contributed by atoms with Gasteiger partial charge in [-0.15, -0.1) is 0 Å². The monoisotopic (exact) mass is 289 g/mol. The lowest BCUT2D eigenvalue weighted by atomic mass is 9.61. The van der Waals surface area contributed by atoms with Gasteiger partial charge >= 0.3 is 0 Å². The molecule has 1 saturated carbocycles. The molecule has 108 valence electrons. The number of hydrogen-bond donors (Lipinski definition) is 3. The number of rotatable bonds is 3. The number of amidine groups is 1. The topological polar surface area (TPSA) is 122 Å². The molecule has 1 amide bonds. The van der Waals surface area contributed by atoms with E-state index in [4.69, 9.17) is 10.9 Å². The largest absolute Gasteiger partial charge is 0.409 e. The van der Waals surface area contributed by atoms with Crippen molar-refractivity contribution in [3.63, 3.8) is 0 Å². The van der Waals surface area contributed by atoms with Crippen LogP contribution >= 0.6 is 0 Å². The van der Waals surface area contributed by atoms with Gasteiger partial charge in [0.2, 0.25) is 5.91 Å². The lowest BCUT2D eigenvalue weighted by Gasteiger charge is -2.44. The average Bonchev–Trinajstić information content (AvgIpc) is 2.63. The maximum absolute atomic E-state index is 12.3. The summed E-state index contributed by atoms with van der Waals surface area (Å²) in [6.45, 7) is 1.98. The number of nitrogens with zero attached hydrogens (tertiary/aromatic N) is 1. The predicted octanol–water partition coefficient (Wildman–Crippen LogP) is -0.548. The lowest BCUT2D eigenvalue weighted by Crippen LogP contribution is -2.58. The van der Waals surface area contributed by atoms with Crippen molar-refractivity contribution in [2.75, 3.05) is 11.5 Å². The molecule has 8 heteroatoms. The van der Waals surface area contributed by atoms with Crippen LogP contribution in [0.5, 0.6) is 0 Å². The first-order valence-electron chi connectivity index (χ1n) is 6.28. The molecule has 0 bridgehead atoms. The molecule has 1 aliphatic carbocycles. The minimum Gasteiger partial charge on any atom is -0.409 e. The number of nitrogens with one attached hydrogen (secondary N) is 1. The summed E-state index contributed by atoms with van der Waals surface area (Å²) < 4.78 is 22.7. The number of amides is 1. The van der Waals surface area contributed by atoms with Crippen LogP contribution < -0.4 is 11.1 Å². The maximum atomic E-state index is 12.3. The molecule has 19 heavy (non-hydrogen) atoms. The van der Waals surface area contributed by atoms with Crippen LogP contribution in [0, 0.1) is 11.3 Å². The summed E-state index contributed by atoms with van der Waals surface area (Å²) in [7, 11) is -3.04. The van der Waals surface area contributed by atoms with Crippen molar-refractivity contribution in [2.45, 2.75) is 32.2 Å². The standard InChI is InChI=1S/C11H19N3O4S/c1-7-4-11(5-7,9(12)14-16)10(15)13-8-2-3-19(17,18)6-8/h7-8,16H,2-6H2,1H3,(H2,12,14)(H,13,15). The van der Waals surface area contributed by atoms with Crippen molar-refractivity contribution in [2.24, 2.45) is 22.2 Å². The molecule has 0 aromatic heterocycles. The zero-order valence-electron chi connectivity index (χ0n) is 10.8. The van der Waals surface area contributed by atoms with E-state index in [2.05, 4.69) is 10.5 Å². The van der Waals surface area contributed by atoms with Gasteiger partial charge in [0, 0.05) is 6.04 Å². The molecule has 1 atom stereocenters. The van der Waals surface area contributed by atoms with E-state index in [1.54, 1.807) is 0 Å². The summed E-state index contributed by atoms with van der Waals surface area (Å²) >= 11 is 0. The van der Waals surface area contributed by atoms with Crippen molar-refractivity contribution in [3.8, 4) is 0 Å². The van der Waals surface area contributed by atoms with Crippen LogP contribution in [-0.4, -0.2) is 42.9 Å². The van der Waals surface area contributed by atoms with E-state index in [9.17, 15) is 13.2 Å².